The van der Waals surface area contributed by atoms with Gasteiger partial charge in [0.15, 0.2) is 0 Å². The summed E-state index contributed by atoms with van der Waals surface area (Å²) in [6, 6.07) is 91.0. The van der Waals surface area contributed by atoms with Crippen molar-refractivity contribution in [1.82, 2.24) is 0 Å². The van der Waals surface area contributed by atoms with Crippen molar-refractivity contribution in [3.63, 3.8) is 0 Å². The van der Waals surface area contributed by atoms with E-state index in [-0.39, 0.29) is 46.5 Å². The second-order valence-electron chi connectivity index (χ2n) is 29.5. The topological polar surface area (TPSA) is 0 Å². The van der Waals surface area contributed by atoms with Gasteiger partial charge in [0.1, 0.15) is 0 Å². The maximum absolute atomic E-state index is 3.53. The molecule has 0 bridgehead atoms. The molecule has 12 aromatic rings. The number of halogens is 2. The Labute approximate surface area is 627 Å². The molecule has 0 saturated heterocycles. The van der Waals surface area contributed by atoms with Crippen molar-refractivity contribution in [3.05, 3.63) is 358 Å². The van der Waals surface area contributed by atoms with Crippen molar-refractivity contribution in [2.24, 2.45) is 0 Å². The molecule has 488 valence electrons. The van der Waals surface area contributed by atoms with Gasteiger partial charge in [0.05, 0.1) is 0 Å². The van der Waals surface area contributed by atoms with E-state index in [1.165, 1.54) is 187 Å². The quantitative estimate of drug-likeness (QED) is 0.154. The molecule has 0 aliphatic heterocycles. The van der Waals surface area contributed by atoms with Crippen LogP contribution in [-0.4, -0.2) is 6.41 Å². The van der Waals surface area contributed by atoms with Gasteiger partial charge in [-0.2, -0.15) is 70.8 Å². The number of hydrogen-bond donors (Lipinski definition) is 0. The van der Waals surface area contributed by atoms with Crippen molar-refractivity contribution < 1.29 is 73.3 Å². The molecule has 4 heteroatoms. The van der Waals surface area contributed by atoms with E-state index in [0.29, 0.717) is 0 Å². The predicted molar refractivity (Wildman–Crippen MR) is 407 cm³/mol. The molecule has 98 heavy (non-hydrogen) atoms. The van der Waals surface area contributed by atoms with Crippen molar-refractivity contribution in [1.29, 1.82) is 0 Å². The third-order valence-electron chi connectivity index (χ3n) is 18.5. The SMILES string of the molecule is CC(C)(C)c1c[c-]c2c(c1)-c1cc(C(C)(C)C)ccc1C2.CC(C)(C)c1c[c-]c2c(c1)-c1cc(C(C)(C)C)ccc1C2.[C-]1=CC=CC1.[C-]1=CC=CC1.[Cl-].[Cl-].[Zr+2]=[C](c1cccc2ccccc12)c1cccc2ccccc12.[Zr+2]=[C](c1cccc2ccccc12)c1cccc2ccccc12. The van der Waals surface area contributed by atoms with Gasteiger partial charge in [0, 0.05) is 0 Å². The Balaban J connectivity index is 0.000000144. The zero-order chi connectivity index (χ0) is 67.8. The van der Waals surface area contributed by atoms with Crippen LogP contribution in [0.1, 0.15) is 163 Å². The molecular weight excluding hydrogens is 1380 g/mol. The molecule has 0 aromatic heterocycles. The van der Waals surface area contributed by atoms with Gasteiger partial charge >= 0.3 is 290 Å². The third-order valence-corrected chi connectivity index (χ3v) is 21.1. The van der Waals surface area contributed by atoms with Gasteiger partial charge in [-0.05, 0) is 34.8 Å². The Kier molecular flexibility index (Phi) is 25.1. The zero-order valence-corrected chi connectivity index (χ0v) is 65.4. The first-order valence-electron chi connectivity index (χ1n) is 33.9. The number of allylic oxidation sites excluding steroid dienone is 8. The molecule has 0 saturated carbocycles. The van der Waals surface area contributed by atoms with E-state index in [2.05, 4.69) is 350 Å². The minimum atomic E-state index is 0. The van der Waals surface area contributed by atoms with E-state index in [1.807, 2.05) is 24.3 Å². The molecule has 0 N–H and O–H groups in total. The van der Waals surface area contributed by atoms with E-state index < -0.39 is 0 Å². The third kappa shape index (κ3) is 18.0. The van der Waals surface area contributed by atoms with Crippen molar-refractivity contribution in [3.8, 4) is 22.3 Å². The monoisotopic (exact) mass is 1470 g/mol. The Hall–Kier alpha value is -7.27. The van der Waals surface area contributed by atoms with Gasteiger partial charge in [-0.15, -0.1) is 24.0 Å². The predicted octanol–water partition coefficient (Wildman–Crippen LogP) is 18.1. The van der Waals surface area contributed by atoms with E-state index in [4.69, 9.17) is 0 Å². The number of rotatable bonds is 4. The van der Waals surface area contributed by atoms with Gasteiger partial charge in [-0.3, -0.25) is 12.2 Å². The van der Waals surface area contributed by atoms with E-state index in [1.54, 1.807) is 0 Å². The van der Waals surface area contributed by atoms with Crippen LogP contribution in [0.5, 0.6) is 0 Å². The zero-order valence-electron chi connectivity index (χ0n) is 59.0. The average molecular weight is 1470 g/mol. The summed E-state index contributed by atoms with van der Waals surface area (Å²) < 4.78 is 2.83. The van der Waals surface area contributed by atoms with Crippen LogP contribution in [0.25, 0.3) is 65.3 Å². The molecule has 0 atom stereocenters. The normalized spacial score (nSPS) is 12.7. The van der Waals surface area contributed by atoms with Crippen molar-refractivity contribution >= 4 is 49.5 Å². The summed E-state index contributed by atoms with van der Waals surface area (Å²) in [5, 5.41) is 10.6. The average Bonchev–Trinajstić information content (AvgIpc) is 1.59. The summed E-state index contributed by atoms with van der Waals surface area (Å²) in [6.07, 6.45) is 22.1. The molecule has 0 nitrogen and oxygen atoms in total. The van der Waals surface area contributed by atoms with E-state index >= 15 is 0 Å². The van der Waals surface area contributed by atoms with Gasteiger partial charge in [0.2, 0.25) is 0 Å². The fourth-order valence-corrected chi connectivity index (χ4v) is 14.9. The molecule has 12 aromatic carbocycles. The fourth-order valence-electron chi connectivity index (χ4n) is 12.7. The van der Waals surface area contributed by atoms with Crippen LogP contribution in [0.3, 0.4) is 0 Å². The summed E-state index contributed by atoms with van der Waals surface area (Å²) in [5.74, 6) is 0. The number of benzene rings is 12. The van der Waals surface area contributed by atoms with Crippen molar-refractivity contribution in [2.45, 2.75) is 130 Å². The van der Waals surface area contributed by atoms with Crippen LogP contribution in [0.4, 0.5) is 0 Å². The molecule has 4 aliphatic rings. The van der Waals surface area contributed by atoms with E-state index in [9.17, 15) is 0 Å². The summed E-state index contributed by atoms with van der Waals surface area (Å²) >= 11 is 2.89. The molecule has 0 heterocycles. The van der Waals surface area contributed by atoms with Gasteiger partial charge in [-0.1, -0.05) is 153 Å². The molecule has 0 radical (unpaired) electrons. The molecule has 0 spiro atoms. The molecular formula is C94H88Cl2Zr2-2. The Bertz CT molecular complexity index is 4320. The van der Waals surface area contributed by atoms with Crippen LogP contribution in [0.2, 0.25) is 0 Å². The number of fused-ring (bicyclic) bond motifs is 10. The van der Waals surface area contributed by atoms with Gasteiger partial charge in [-0.25, -0.2) is 24.3 Å². The minimum absolute atomic E-state index is 0. The van der Waals surface area contributed by atoms with Crippen LogP contribution in [0.15, 0.2) is 267 Å². The van der Waals surface area contributed by atoms with E-state index in [0.717, 1.165) is 25.7 Å². The van der Waals surface area contributed by atoms with Crippen LogP contribution < -0.4 is 24.8 Å². The molecule has 16 rings (SSSR count). The summed E-state index contributed by atoms with van der Waals surface area (Å²) in [4.78, 5) is 0. The van der Waals surface area contributed by atoms with Gasteiger partial charge in [0.25, 0.3) is 0 Å². The molecule has 0 unspecified atom stereocenters. The van der Waals surface area contributed by atoms with Crippen LogP contribution in [0, 0.1) is 24.3 Å². The first kappa shape index (κ1) is 74.9. The molecule has 0 amide bonds. The second-order valence-corrected chi connectivity index (χ2v) is 32.0. The second kappa shape index (κ2) is 32.8. The first-order valence-corrected chi connectivity index (χ1v) is 36.4. The number of hydrogen-bond acceptors (Lipinski definition) is 0. The van der Waals surface area contributed by atoms with Crippen LogP contribution in [-0.2, 0) is 83.0 Å². The van der Waals surface area contributed by atoms with Crippen molar-refractivity contribution in [2.75, 3.05) is 0 Å². The Morgan fingerprint density at radius 2 is 0.592 bits per heavy atom. The Morgan fingerprint density at radius 3 is 0.847 bits per heavy atom. The summed E-state index contributed by atoms with van der Waals surface area (Å²) in [5.41, 5.74) is 22.9. The molecule has 0 fully saturated rings. The van der Waals surface area contributed by atoms with Crippen LogP contribution >= 0.6 is 0 Å². The van der Waals surface area contributed by atoms with Gasteiger partial charge < -0.3 is 24.8 Å². The summed E-state index contributed by atoms with van der Waals surface area (Å²) in [7, 11) is 0. The Morgan fingerprint density at radius 1 is 0.316 bits per heavy atom. The summed E-state index contributed by atoms with van der Waals surface area (Å²) in [6.45, 7) is 27.3. The first-order chi connectivity index (χ1) is 46.0. The fraction of sp³-hybridized carbons (Fsp3) is 0.213. The maximum atomic E-state index is 3.53. The standard InChI is InChI=1S/2C21H14.2C21H25.2C5H5.2ClH.2Zr/c2*1-3-13-20-16(7-1)9-5-11-18(20)15-19-12-6-10-17-8-2-4-14-21(17)19;2*1-20(2,3)16-9-7-14-11-15-8-10-17(21(4,5)6)13-19(15)18(14)12-16;2*1-2-4-5-3-1;;;;/h2*1-14H;2*7,9-10,12-13H,11H2,1-6H3;2*1-3H,4H2;2*1H;;/q;;4*-1;;;2*+2/p-2. The molecule has 4 aliphatic carbocycles.